The van der Waals surface area contributed by atoms with Crippen molar-refractivity contribution in [3.8, 4) is 11.3 Å². The lowest BCUT2D eigenvalue weighted by Gasteiger charge is -2.23. The van der Waals surface area contributed by atoms with E-state index in [0.29, 0.717) is 13.1 Å². The second kappa shape index (κ2) is 9.25. The van der Waals surface area contributed by atoms with Crippen LogP contribution < -0.4 is 0 Å². The summed E-state index contributed by atoms with van der Waals surface area (Å²) >= 11 is 0. The van der Waals surface area contributed by atoms with E-state index in [2.05, 4.69) is 4.98 Å². The summed E-state index contributed by atoms with van der Waals surface area (Å²) in [5.41, 5.74) is 0.100. The second-order valence-corrected chi connectivity index (χ2v) is 6.06. The van der Waals surface area contributed by atoms with Crippen LogP contribution in [0.2, 0.25) is 0 Å². The summed E-state index contributed by atoms with van der Waals surface area (Å²) in [6, 6.07) is 3.17. The molecule has 1 aromatic carbocycles. The fraction of sp³-hybridized carbons (Fsp3) is 0.421. The molecule has 0 radical (unpaired) electrons. The Kier molecular flexibility index (Phi) is 7.04. The summed E-state index contributed by atoms with van der Waals surface area (Å²) in [5.74, 6) is -1.32. The Morgan fingerprint density at radius 2 is 1.85 bits per heavy atom. The van der Waals surface area contributed by atoms with Crippen molar-refractivity contribution in [2.45, 2.75) is 26.7 Å². The minimum Gasteiger partial charge on any atom is -0.441 e. The van der Waals surface area contributed by atoms with Gasteiger partial charge in [0.1, 0.15) is 11.6 Å². The lowest BCUT2D eigenvalue weighted by molar-refractivity contribution is -0.139. The third-order valence-corrected chi connectivity index (χ3v) is 4.22. The number of carbonyl (C=O) groups is 2. The van der Waals surface area contributed by atoms with Gasteiger partial charge in [-0.3, -0.25) is 9.59 Å². The smallest absolute Gasteiger partial charge is 0.242 e. The zero-order valence-electron chi connectivity index (χ0n) is 15.7. The molecular formula is C19H23F2N3O3. The largest absolute Gasteiger partial charge is 0.441 e. The van der Waals surface area contributed by atoms with Gasteiger partial charge in [-0.2, -0.15) is 0 Å². The highest BCUT2D eigenvalue weighted by molar-refractivity contribution is 5.84. The van der Waals surface area contributed by atoms with Crippen LogP contribution in [0.5, 0.6) is 0 Å². The van der Waals surface area contributed by atoms with Crippen molar-refractivity contribution in [2.75, 3.05) is 26.7 Å². The number of aromatic nitrogens is 1. The van der Waals surface area contributed by atoms with E-state index in [1.807, 2.05) is 13.8 Å². The Hall–Kier alpha value is -2.77. The third kappa shape index (κ3) is 5.35. The molecule has 0 N–H and O–H groups in total. The van der Waals surface area contributed by atoms with Crippen molar-refractivity contribution in [2.24, 2.45) is 0 Å². The zero-order chi connectivity index (χ0) is 20.0. The maximum absolute atomic E-state index is 13.8. The Balaban J connectivity index is 1.92. The first-order valence-electron chi connectivity index (χ1n) is 8.77. The van der Waals surface area contributed by atoms with Gasteiger partial charge in [0, 0.05) is 39.0 Å². The molecule has 2 rings (SSSR count). The van der Waals surface area contributed by atoms with E-state index in [9.17, 15) is 18.4 Å². The van der Waals surface area contributed by atoms with Gasteiger partial charge in [-0.05, 0) is 26.0 Å². The first-order valence-corrected chi connectivity index (χ1v) is 8.77. The molecule has 0 bridgehead atoms. The van der Waals surface area contributed by atoms with Crippen molar-refractivity contribution in [3.05, 3.63) is 41.9 Å². The highest BCUT2D eigenvalue weighted by Gasteiger charge is 2.18. The summed E-state index contributed by atoms with van der Waals surface area (Å²) in [7, 11) is 1.57. The number of halogens is 2. The molecule has 0 saturated carbocycles. The maximum Gasteiger partial charge on any atom is 0.242 e. The molecule has 2 aromatic rings. The molecule has 1 aromatic heterocycles. The SMILES string of the molecule is CCN(CC)C(=O)CN(C)C(=O)CCc1ncc(-c2ccc(F)cc2F)o1. The van der Waals surface area contributed by atoms with Gasteiger partial charge in [0.15, 0.2) is 11.7 Å². The molecule has 2 amide bonds. The predicted molar refractivity (Wildman–Crippen MR) is 95.7 cm³/mol. The molecule has 0 unspecified atom stereocenters. The van der Waals surface area contributed by atoms with Gasteiger partial charge in [-0.25, -0.2) is 13.8 Å². The normalized spacial score (nSPS) is 10.7. The maximum atomic E-state index is 13.8. The molecule has 0 fully saturated rings. The molecule has 0 spiro atoms. The first-order chi connectivity index (χ1) is 12.8. The van der Waals surface area contributed by atoms with Crippen LogP contribution in [-0.4, -0.2) is 53.3 Å². The molecule has 0 aliphatic heterocycles. The Morgan fingerprint density at radius 3 is 2.48 bits per heavy atom. The van der Waals surface area contributed by atoms with Gasteiger partial charge in [0.05, 0.1) is 18.3 Å². The second-order valence-electron chi connectivity index (χ2n) is 6.06. The highest BCUT2D eigenvalue weighted by Crippen LogP contribution is 2.24. The number of nitrogens with zero attached hydrogens (tertiary/aromatic N) is 3. The number of aryl methyl sites for hydroxylation is 1. The zero-order valence-corrected chi connectivity index (χ0v) is 15.7. The van der Waals surface area contributed by atoms with Gasteiger partial charge in [0.2, 0.25) is 11.8 Å². The molecule has 146 valence electrons. The average Bonchev–Trinajstić information content (AvgIpc) is 3.09. The molecule has 0 saturated heterocycles. The molecule has 0 aliphatic carbocycles. The number of carbonyl (C=O) groups excluding carboxylic acids is 2. The van der Waals surface area contributed by atoms with E-state index >= 15 is 0 Å². The number of likely N-dealkylation sites (N-methyl/N-ethyl adjacent to an activating group) is 2. The van der Waals surface area contributed by atoms with E-state index < -0.39 is 11.6 Å². The fourth-order valence-corrected chi connectivity index (χ4v) is 2.61. The Morgan fingerprint density at radius 1 is 1.15 bits per heavy atom. The topological polar surface area (TPSA) is 66.7 Å². The summed E-state index contributed by atoms with van der Waals surface area (Å²) in [6.45, 7) is 4.96. The van der Waals surface area contributed by atoms with Gasteiger partial charge in [0.25, 0.3) is 0 Å². The lowest BCUT2D eigenvalue weighted by Crippen LogP contribution is -2.41. The molecule has 0 atom stereocenters. The van der Waals surface area contributed by atoms with Crippen molar-refractivity contribution < 1.29 is 22.8 Å². The van der Waals surface area contributed by atoms with E-state index in [1.54, 1.807) is 11.9 Å². The van der Waals surface area contributed by atoms with Crippen LogP contribution in [0.3, 0.4) is 0 Å². The van der Waals surface area contributed by atoms with Gasteiger partial charge >= 0.3 is 0 Å². The molecule has 0 aliphatic rings. The highest BCUT2D eigenvalue weighted by atomic mass is 19.1. The van der Waals surface area contributed by atoms with E-state index in [4.69, 9.17) is 4.42 Å². The summed E-state index contributed by atoms with van der Waals surface area (Å²) in [4.78, 5) is 31.3. The van der Waals surface area contributed by atoms with Crippen LogP contribution in [0.4, 0.5) is 8.78 Å². The lowest BCUT2D eigenvalue weighted by atomic mass is 10.2. The molecular weight excluding hydrogens is 356 g/mol. The minimum atomic E-state index is -0.747. The van der Waals surface area contributed by atoms with Crippen LogP contribution in [0.15, 0.2) is 28.8 Å². The summed E-state index contributed by atoms with van der Waals surface area (Å²) in [6.07, 6.45) is 1.66. The summed E-state index contributed by atoms with van der Waals surface area (Å²) < 4.78 is 32.2. The summed E-state index contributed by atoms with van der Waals surface area (Å²) in [5, 5.41) is 0. The quantitative estimate of drug-likeness (QED) is 0.707. The van der Waals surface area contributed by atoms with Gasteiger partial charge in [-0.15, -0.1) is 0 Å². The average molecular weight is 379 g/mol. The Bertz CT molecular complexity index is 803. The number of amides is 2. The van der Waals surface area contributed by atoms with Crippen LogP contribution in [-0.2, 0) is 16.0 Å². The third-order valence-electron chi connectivity index (χ3n) is 4.22. The standard InChI is InChI=1S/C19H23F2N3O3/c1-4-24(5-2)19(26)12-23(3)18(25)9-8-17-22-11-16(27-17)14-7-6-13(20)10-15(14)21/h6-7,10-11H,4-5,8-9,12H2,1-3H3. The van der Waals surface area contributed by atoms with E-state index in [-0.39, 0.29) is 48.4 Å². The van der Waals surface area contributed by atoms with Crippen molar-refractivity contribution in [1.29, 1.82) is 0 Å². The van der Waals surface area contributed by atoms with Crippen molar-refractivity contribution in [1.82, 2.24) is 14.8 Å². The van der Waals surface area contributed by atoms with Crippen molar-refractivity contribution >= 4 is 11.8 Å². The molecule has 8 heteroatoms. The van der Waals surface area contributed by atoms with Gasteiger partial charge < -0.3 is 14.2 Å². The van der Waals surface area contributed by atoms with Crippen LogP contribution in [0, 0.1) is 11.6 Å². The van der Waals surface area contributed by atoms with Crippen LogP contribution in [0.25, 0.3) is 11.3 Å². The molecule has 6 nitrogen and oxygen atoms in total. The van der Waals surface area contributed by atoms with Crippen LogP contribution >= 0.6 is 0 Å². The number of hydrogen-bond donors (Lipinski definition) is 0. The predicted octanol–water partition coefficient (Wildman–Crippen LogP) is 2.88. The number of rotatable bonds is 8. The monoisotopic (exact) mass is 379 g/mol. The van der Waals surface area contributed by atoms with Gasteiger partial charge in [-0.1, -0.05) is 0 Å². The Labute approximate surface area is 156 Å². The number of hydrogen-bond acceptors (Lipinski definition) is 4. The fourth-order valence-electron chi connectivity index (χ4n) is 2.61. The molecule has 27 heavy (non-hydrogen) atoms. The first kappa shape index (κ1) is 20.5. The van der Waals surface area contributed by atoms with Crippen molar-refractivity contribution in [3.63, 3.8) is 0 Å². The molecule has 1 heterocycles. The number of oxazole rings is 1. The minimum absolute atomic E-state index is 0.0120. The van der Waals surface area contributed by atoms with Crippen LogP contribution in [0.1, 0.15) is 26.2 Å². The van der Waals surface area contributed by atoms with E-state index in [1.165, 1.54) is 17.2 Å². The number of benzene rings is 1. The van der Waals surface area contributed by atoms with E-state index in [0.717, 1.165) is 12.1 Å².